The molecule has 0 saturated carbocycles. The Morgan fingerprint density at radius 2 is 2.08 bits per heavy atom. The van der Waals surface area contributed by atoms with Gasteiger partial charge in [0.15, 0.2) is 4.34 Å². The number of hydrogen-bond acceptors (Lipinski definition) is 5. The number of carbonyl (C=O) groups is 1. The maximum absolute atomic E-state index is 12.5. The van der Waals surface area contributed by atoms with E-state index in [-0.39, 0.29) is 11.2 Å². The van der Waals surface area contributed by atoms with Crippen LogP contribution in [0, 0.1) is 6.92 Å². The predicted octanol–water partition coefficient (Wildman–Crippen LogP) is 4.73. The number of rotatable bonds is 5. The number of nitrogens with one attached hydrogen (secondary N) is 1. The van der Waals surface area contributed by atoms with Crippen molar-refractivity contribution < 1.29 is 9.53 Å². The molecule has 3 rings (SSSR count). The summed E-state index contributed by atoms with van der Waals surface area (Å²) in [5, 5.41) is 2.69. The van der Waals surface area contributed by atoms with Gasteiger partial charge in [0.2, 0.25) is 5.91 Å². The Morgan fingerprint density at radius 1 is 1.29 bits per heavy atom. The van der Waals surface area contributed by atoms with Gasteiger partial charge in [0.1, 0.15) is 5.75 Å². The van der Waals surface area contributed by atoms with E-state index >= 15 is 0 Å². The van der Waals surface area contributed by atoms with E-state index < -0.39 is 0 Å². The molecule has 2 aromatic carbocycles. The van der Waals surface area contributed by atoms with Crippen LogP contribution in [0.25, 0.3) is 10.2 Å². The van der Waals surface area contributed by atoms with Gasteiger partial charge in [-0.3, -0.25) is 4.79 Å². The van der Waals surface area contributed by atoms with Crippen molar-refractivity contribution in [1.82, 2.24) is 4.98 Å². The minimum Gasteiger partial charge on any atom is -0.495 e. The van der Waals surface area contributed by atoms with Crippen LogP contribution in [0.2, 0.25) is 0 Å². The number of aryl methyl sites for hydroxylation is 1. The number of nitrogens with zero attached hydrogens (tertiary/aromatic N) is 1. The number of para-hydroxylation sites is 1. The molecule has 0 fully saturated rings. The summed E-state index contributed by atoms with van der Waals surface area (Å²) in [6, 6.07) is 13.7. The molecule has 0 radical (unpaired) electrons. The average Bonchev–Trinajstić information content (AvgIpc) is 2.97. The standard InChI is InChI=1S/C18H18N2O2S2/c1-11-8-9-15(22-3)14(10-11)19-17(21)12(2)23-18-20-13-6-4-5-7-16(13)24-18/h4-10,12H,1-3H3,(H,19,21). The molecule has 124 valence electrons. The summed E-state index contributed by atoms with van der Waals surface area (Å²) in [5.41, 5.74) is 2.73. The number of methoxy groups -OCH3 is 1. The van der Waals surface area contributed by atoms with Crippen molar-refractivity contribution in [2.75, 3.05) is 12.4 Å². The van der Waals surface area contributed by atoms with Crippen molar-refractivity contribution in [3.05, 3.63) is 48.0 Å². The summed E-state index contributed by atoms with van der Waals surface area (Å²) >= 11 is 3.08. The fourth-order valence-electron chi connectivity index (χ4n) is 2.26. The first kappa shape index (κ1) is 16.8. The highest BCUT2D eigenvalue weighted by molar-refractivity contribution is 8.02. The molecule has 1 unspecified atom stereocenters. The Labute approximate surface area is 149 Å². The van der Waals surface area contributed by atoms with Gasteiger partial charge in [0.25, 0.3) is 0 Å². The Morgan fingerprint density at radius 3 is 2.83 bits per heavy atom. The number of aromatic nitrogens is 1. The minimum absolute atomic E-state index is 0.0665. The van der Waals surface area contributed by atoms with Crippen LogP contribution in [0.3, 0.4) is 0 Å². The van der Waals surface area contributed by atoms with E-state index in [0.717, 1.165) is 20.1 Å². The lowest BCUT2D eigenvalue weighted by Crippen LogP contribution is -2.22. The van der Waals surface area contributed by atoms with Gasteiger partial charge < -0.3 is 10.1 Å². The average molecular weight is 358 g/mol. The molecule has 0 spiro atoms. The number of fused-ring (bicyclic) bond motifs is 1. The number of anilines is 1. The largest absolute Gasteiger partial charge is 0.495 e. The van der Waals surface area contributed by atoms with Crippen LogP contribution in [0.1, 0.15) is 12.5 Å². The molecule has 6 heteroatoms. The Kier molecular flexibility index (Phi) is 5.06. The lowest BCUT2D eigenvalue weighted by atomic mass is 10.2. The zero-order chi connectivity index (χ0) is 17.1. The van der Waals surface area contributed by atoms with Gasteiger partial charge in [-0.25, -0.2) is 4.98 Å². The van der Waals surface area contributed by atoms with Gasteiger partial charge in [0, 0.05) is 0 Å². The van der Waals surface area contributed by atoms with Crippen LogP contribution in [0.4, 0.5) is 5.69 Å². The van der Waals surface area contributed by atoms with Gasteiger partial charge >= 0.3 is 0 Å². The van der Waals surface area contributed by atoms with Crippen molar-refractivity contribution in [3.8, 4) is 5.75 Å². The Balaban J connectivity index is 1.71. The van der Waals surface area contributed by atoms with Crippen molar-refractivity contribution in [3.63, 3.8) is 0 Å². The van der Waals surface area contributed by atoms with Crippen molar-refractivity contribution in [1.29, 1.82) is 0 Å². The third kappa shape index (κ3) is 3.71. The number of ether oxygens (including phenoxy) is 1. The van der Waals surface area contributed by atoms with E-state index in [0.29, 0.717) is 11.4 Å². The van der Waals surface area contributed by atoms with Crippen LogP contribution in [0.15, 0.2) is 46.8 Å². The van der Waals surface area contributed by atoms with Crippen LogP contribution in [0.5, 0.6) is 5.75 Å². The number of thioether (sulfide) groups is 1. The van der Waals surface area contributed by atoms with Crippen LogP contribution >= 0.6 is 23.1 Å². The normalized spacial score (nSPS) is 12.1. The first-order valence-electron chi connectivity index (χ1n) is 7.54. The third-order valence-electron chi connectivity index (χ3n) is 3.53. The molecule has 1 heterocycles. The molecule has 1 aromatic heterocycles. The molecule has 1 N–H and O–H groups in total. The summed E-state index contributed by atoms with van der Waals surface area (Å²) in [5.74, 6) is 0.592. The molecule has 3 aromatic rings. The van der Waals surface area contributed by atoms with Crippen molar-refractivity contribution >= 4 is 44.9 Å². The Bertz CT molecular complexity index is 843. The number of amides is 1. The van der Waals surface area contributed by atoms with E-state index in [4.69, 9.17) is 4.74 Å². The van der Waals surface area contributed by atoms with Gasteiger partial charge in [-0.05, 0) is 43.7 Å². The van der Waals surface area contributed by atoms with Crippen LogP contribution in [-0.2, 0) is 4.79 Å². The second-order valence-corrected chi connectivity index (χ2v) is 8.02. The maximum atomic E-state index is 12.5. The van der Waals surface area contributed by atoms with Gasteiger partial charge in [-0.2, -0.15) is 0 Å². The van der Waals surface area contributed by atoms with Gasteiger partial charge in [0.05, 0.1) is 28.3 Å². The minimum atomic E-state index is -0.254. The molecule has 0 aliphatic rings. The maximum Gasteiger partial charge on any atom is 0.237 e. The van der Waals surface area contributed by atoms with Crippen LogP contribution in [-0.4, -0.2) is 23.3 Å². The summed E-state index contributed by atoms with van der Waals surface area (Å²) < 4.78 is 7.34. The number of carbonyl (C=O) groups excluding carboxylic acids is 1. The third-order valence-corrected chi connectivity index (χ3v) is 5.76. The highest BCUT2D eigenvalue weighted by Gasteiger charge is 2.18. The molecule has 0 bridgehead atoms. The van der Waals surface area contributed by atoms with Crippen molar-refractivity contribution in [2.24, 2.45) is 0 Å². The molecule has 0 aliphatic heterocycles. The fourth-order valence-corrected chi connectivity index (χ4v) is 4.47. The number of thiazole rings is 1. The van der Waals surface area contributed by atoms with Gasteiger partial charge in [-0.1, -0.05) is 30.0 Å². The molecule has 0 aliphatic carbocycles. The zero-order valence-electron chi connectivity index (χ0n) is 13.7. The van der Waals surface area contributed by atoms with E-state index in [1.165, 1.54) is 11.8 Å². The lowest BCUT2D eigenvalue weighted by Gasteiger charge is -2.14. The van der Waals surface area contributed by atoms with Gasteiger partial charge in [-0.15, -0.1) is 11.3 Å². The smallest absolute Gasteiger partial charge is 0.237 e. The predicted molar refractivity (Wildman–Crippen MR) is 101 cm³/mol. The summed E-state index contributed by atoms with van der Waals surface area (Å²) in [7, 11) is 1.60. The first-order valence-corrected chi connectivity index (χ1v) is 9.24. The monoisotopic (exact) mass is 358 g/mol. The van der Waals surface area contributed by atoms with Crippen LogP contribution < -0.4 is 10.1 Å². The van der Waals surface area contributed by atoms with E-state index in [9.17, 15) is 4.79 Å². The molecule has 4 nitrogen and oxygen atoms in total. The molecule has 24 heavy (non-hydrogen) atoms. The quantitative estimate of drug-likeness (QED) is 0.670. The second-order valence-electron chi connectivity index (χ2n) is 5.40. The highest BCUT2D eigenvalue weighted by Crippen LogP contribution is 2.33. The SMILES string of the molecule is COc1ccc(C)cc1NC(=O)C(C)Sc1nc2ccccc2s1. The number of hydrogen-bond donors (Lipinski definition) is 1. The van der Waals surface area contributed by atoms with E-state index in [2.05, 4.69) is 10.3 Å². The summed E-state index contributed by atoms with van der Waals surface area (Å²) in [6.07, 6.45) is 0. The molecule has 1 atom stereocenters. The van der Waals surface area contributed by atoms with Crippen molar-refractivity contribution in [2.45, 2.75) is 23.4 Å². The summed E-state index contributed by atoms with van der Waals surface area (Å²) in [6.45, 7) is 3.86. The first-order chi connectivity index (χ1) is 11.6. The van der Waals surface area contributed by atoms with E-state index in [1.807, 2.05) is 56.3 Å². The van der Waals surface area contributed by atoms with E-state index in [1.54, 1.807) is 18.4 Å². The number of benzene rings is 2. The fraction of sp³-hybridized carbons (Fsp3) is 0.222. The molecular formula is C18H18N2O2S2. The zero-order valence-corrected chi connectivity index (χ0v) is 15.3. The Hall–Kier alpha value is -2.05. The lowest BCUT2D eigenvalue weighted by molar-refractivity contribution is -0.115. The molecular weight excluding hydrogens is 340 g/mol. The highest BCUT2D eigenvalue weighted by atomic mass is 32.2. The molecule has 1 amide bonds. The topological polar surface area (TPSA) is 51.2 Å². The summed E-state index contributed by atoms with van der Waals surface area (Å²) in [4.78, 5) is 17.1. The molecule has 0 saturated heterocycles. The second kappa shape index (κ2) is 7.23.